The summed E-state index contributed by atoms with van der Waals surface area (Å²) in [5.74, 6) is 1.87. The van der Waals surface area contributed by atoms with Gasteiger partial charge in [0, 0.05) is 28.7 Å². The van der Waals surface area contributed by atoms with Crippen LogP contribution in [0.1, 0.15) is 72.8 Å². The van der Waals surface area contributed by atoms with Gasteiger partial charge in [0.05, 0.1) is 27.1 Å². The minimum absolute atomic E-state index is 0.0202. The Bertz CT molecular complexity index is 1600. The zero-order valence-corrected chi connectivity index (χ0v) is 24.3. The predicted molar refractivity (Wildman–Crippen MR) is 154 cm³/mol. The van der Waals surface area contributed by atoms with Gasteiger partial charge in [-0.05, 0) is 77.4 Å². The molecule has 1 aliphatic heterocycles. The third kappa shape index (κ3) is 4.04. The molecule has 4 aromatic heterocycles. The molecule has 2 aliphatic carbocycles. The van der Waals surface area contributed by atoms with Crippen molar-refractivity contribution in [1.29, 1.82) is 5.26 Å². The van der Waals surface area contributed by atoms with Crippen LogP contribution in [0.4, 0.5) is 5.00 Å². The molecular formula is C29H31N7O2S2. The van der Waals surface area contributed by atoms with E-state index in [0.717, 1.165) is 78.9 Å². The number of fused-ring (bicyclic) bond motifs is 4. The Hall–Kier alpha value is -3.33. The Kier molecular flexibility index (Phi) is 6.37. The van der Waals surface area contributed by atoms with Crippen LogP contribution in [0.5, 0.6) is 5.88 Å². The molecule has 0 radical (unpaired) electrons. The van der Waals surface area contributed by atoms with Gasteiger partial charge in [0.25, 0.3) is 0 Å². The molecule has 5 heterocycles. The predicted octanol–water partition coefficient (Wildman–Crippen LogP) is 5.59. The topological polar surface area (TPSA) is 127 Å². The Morgan fingerprint density at radius 2 is 2.10 bits per heavy atom. The van der Waals surface area contributed by atoms with Crippen molar-refractivity contribution >= 4 is 27.7 Å². The summed E-state index contributed by atoms with van der Waals surface area (Å²) in [7, 11) is 2.15. The number of likely N-dealkylation sites (N-methyl/N-ethyl adjacent to an activating group) is 1. The van der Waals surface area contributed by atoms with Crippen LogP contribution >= 0.6 is 22.7 Å². The lowest BCUT2D eigenvalue weighted by Crippen LogP contribution is -2.38. The number of nitriles is 1. The summed E-state index contributed by atoms with van der Waals surface area (Å²) in [5.41, 5.74) is 11.8. The molecule has 3 aliphatic rings. The smallest absolute Gasteiger partial charge is 0.217 e. The van der Waals surface area contributed by atoms with Crippen molar-refractivity contribution in [3.05, 3.63) is 45.1 Å². The summed E-state index contributed by atoms with van der Waals surface area (Å²) in [6.45, 7) is 3.19. The van der Waals surface area contributed by atoms with Gasteiger partial charge in [0.15, 0.2) is 17.3 Å². The molecule has 4 aromatic rings. The van der Waals surface area contributed by atoms with Crippen LogP contribution in [0.3, 0.4) is 0 Å². The lowest BCUT2D eigenvalue weighted by molar-refractivity contribution is 0.117. The minimum atomic E-state index is -0.387. The van der Waals surface area contributed by atoms with Crippen LogP contribution in [-0.2, 0) is 18.3 Å². The molecule has 1 fully saturated rings. The lowest BCUT2D eigenvalue weighted by Gasteiger charge is -2.39. The van der Waals surface area contributed by atoms with E-state index in [1.807, 2.05) is 12.3 Å². The number of nitrogens with two attached hydrogens (primary N) is 1. The number of hydrogen-bond donors (Lipinski definition) is 1. The van der Waals surface area contributed by atoms with Crippen molar-refractivity contribution in [3.63, 3.8) is 0 Å². The average molecular weight is 574 g/mol. The standard InChI is InChI=1S/C29H31N7O2S2/c1-16(20-7-5-11-36(20)2)37-23-12-19(22-14-32-15-39-22)33-28(34-23)25-17-6-3-9-29(26(17)38-35-25)10-4-8-21-24(29)18(13-30)27(31)40-21/h12,14-16,20H,3-11,31H2,1-2H3/t16-,20-,29-/m0/s1. The maximum absolute atomic E-state index is 10.0. The highest BCUT2D eigenvalue weighted by atomic mass is 32.1. The molecule has 0 amide bonds. The lowest BCUT2D eigenvalue weighted by atomic mass is 9.63. The van der Waals surface area contributed by atoms with Gasteiger partial charge in [-0.25, -0.2) is 4.98 Å². The number of aryl methyl sites for hydroxylation is 1. The molecule has 9 nitrogen and oxygen atoms in total. The maximum atomic E-state index is 10.0. The second-order valence-electron chi connectivity index (χ2n) is 11.2. The van der Waals surface area contributed by atoms with Crippen LogP contribution in [0.25, 0.3) is 22.1 Å². The second kappa shape index (κ2) is 9.94. The number of aromatic nitrogens is 4. The fourth-order valence-electron chi connectivity index (χ4n) is 7.07. The molecule has 7 rings (SSSR count). The molecule has 40 heavy (non-hydrogen) atoms. The molecule has 2 N–H and O–H groups in total. The van der Waals surface area contributed by atoms with E-state index in [0.29, 0.717) is 34.0 Å². The number of anilines is 1. The SMILES string of the molecule is C[C@H](Oc1cc(-c2cncs2)nc(-c2noc3c2CCC[C@@]32CCCc3sc(N)c(C#N)c32)n1)[C@@H]1CCCN1C. The van der Waals surface area contributed by atoms with E-state index in [1.54, 1.807) is 16.8 Å². The van der Waals surface area contributed by atoms with Gasteiger partial charge in [-0.1, -0.05) is 5.16 Å². The van der Waals surface area contributed by atoms with E-state index in [1.165, 1.54) is 22.6 Å². The number of nitrogens with zero attached hydrogens (tertiary/aromatic N) is 6. The highest BCUT2D eigenvalue weighted by Crippen LogP contribution is 2.55. The monoisotopic (exact) mass is 573 g/mol. The Morgan fingerprint density at radius 1 is 1.25 bits per heavy atom. The van der Waals surface area contributed by atoms with Crippen LogP contribution in [0.15, 0.2) is 22.3 Å². The second-order valence-corrected chi connectivity index (χ2v) is 13.2. The van der Waals surface area contributed by atoms with Crippen molar-refractivity contribution in [2.24, 2.45) is 0 Å². The fraction of sp³-hybridized carbons (Fsp3) is 0.483. The first-order valence-electron chi connectivity index (χ1n) is 13.9. The van der Waals surface area contributed by atoms with Crippen molar-refractivity contribution in [3.8, 4) is 34.0 Å². The van der Waals surface area contributed by atoms with Crippen LogP contribution < -0.4 is 10.5 Å². The van der Waals surface area contributed by atoms with Crippen LogP contribution in [0.2, 0.25) is 0 Å². The van der Waals surface area contributed by atoms with Crippen molar-refractivity contribution in [1.82, 2.24) is 25.0 Å². The summed E-state index contributed by atoms with van der Waals surface area (Å²) in [4.78, 5) is 18.6. The quantitative estimate of drug-likeness (QED) is 0.325. The van der Waals surface area contributed by atoms with Crippen LogP contribution in [0, 0.1) is 11.3 Å². The molecular weight excluding hydrogens is 543 g/mol. The van der Waals surface area contributed by atoms with E-state index < -0.39 is 0 Å². The van der Waals surface area contributed by atoms with Crippen molar-refractivity contribution in [2.75, 3.05) is 19.3 Å². The number of hydrogen-bond acceptors (Lipinski definition) is 11. The maximum Gasteiger partial charge on any atom is 0.217 e. The van der Waals surface area contributed by atoms with E-state index >= 15 is 0 Å². The van der Waals surface area contributed by atoms with Crippen molar-refractivity contribution in [2.45, 2.75) is 75.9 Å². The summed E-state index contributed by atoms with van der Waals surface area (Å²) < 4.78 is 12.7. The van der Waals surface area contributed by atoms with E-state index in [9.17, 15) is 5.26 Å². The molecule has 1 saturated heterocycles. The first kappa shape index (κ1) is 25.6. The molecule has 0 bridgehead atoms. The average Bonchev–Trinajstić information content (AvgIpc) is 3.75. The molecule has 0 aromatic carbocycles. The summed E-state index contributed by atoms with van der Waals surface area (Å²) >= 11 is 3.08. The van der Waals surface area contributed by atoms with Gasteiger partial charge in [-0.15, -0.1) is 22.7 Å². The van der Waals surface area contributed by atoms with Crippen molar-refractivity contribution < 1.29 is 9.26 Å². The summed E-state index contributed by atoms with van der Waals surface area (Å²) in [5, 5.41) is 15.2. The van der Waals surface area contributed by atoms with Gasteiger partial charge in [0.2, 0.25) is 5.88 Å². The van der Waals surface area contributed by atoms with Gasteiger partial charge in [-0.3, -0.25) is 9.88 Å². The molecule has 0 saturated carbocycles. The van der Waals surface area contributed by atoms with Gasteiger partial charge < -0.3 is 15.0 Å². The Morgan fingerprint density at radius 3 is 2.85 bits per heavy atom. The molecule has 11 heteroatoms. The highest BCUT2D eigenvalue weighted by molar-refractivity contribution is 7.16. The minimum Gasteiger partial charge on any atom is -0.473 e. The van der Waals surface area contributed by atoms with E-state index in [2.05, 4.69) is 35.1 Å². The zero-order valence-electron chi connectivity index (χ0n) is 22.6. The third-order valence-corrected chi connectivity index (χ3v) is 10.8. The molecule has 0 unspecified atom stereocenters. The zero-order chi connectivity index (χ0) is 27.4. The molecule has 3 atom stereocenters. The van der Waals surface area contributed by atoms with E-state index in [4.69, 9.17) is 25.0 Å². The highest BCUT2D eigenvalue weighted by Gasteiger charge is 2.48. The number of thiazole rings is 1. The first-order chi connectivity index (χ1) is 19.5. The largest absolute Gasteiger partial charge is 0.473 e. The van der Waals surface area contributed by atoms with Crippen LogP contribution in [-0.4, -0.2) is 50.7 Å². The summed E-state index contributed by atoms with van der Waals surface area (Å²) in [6, 6.07) is 4.64. The Balaban J connectivity index is 1.33. The van der Waals surface area contributed by atoms with Gasteiger partial charge >= 0.3 is 0 Å². The molecule has 1 spiro atoms. The fourth-order valence-corrected chi connectivity index (χ4v) is 8.82. The Labute approximate surface area is 241 Å². The number of thiophene rings is 1. The van der Waals surface area contributed by atoms with E-state index in [-0.39, 0.29) is 11.5 Å². The number of ether oxygens (including phenoxy) is 1. The number of nitrogen functional groups attached to an aromatic ring is 1. The number of likely N-dealkylation sites (tertiary alicyclic amines) is 1. The van der Waals surface area contributed by atoms with Gasteiger partial charge in [0.1, 0.15) is 17.2 Å². The normalized spacial score (nSPS) is 23.1. The summed E-state index contributed by atoms with van der Waals surface area (Å²) in [6.07, 6.45) is 9.65. The van der Waals surface area contributed by atoms with Gasteiger partial charge in [-0.2, -0.15) is 10.2 Å². The first-order valence-corrected chi connectivity index (χ1v) is 15.6. The molecule has 206 valence electrons. The number of rotatable bonds is 5. The third-order valence-electron chi connectivity index (χ3n) is 8.88.